The van der Waals surface area contributed by atoms with E-state index in [0.29, 0.717) is 0 Å². The molecule has 0 nitrogen and oxygen atoms in total. The van der Waals surface area contributed by atoms with Crippen LogP contribution in [0.2, 0.25) is 0 Å². The van der Waals surface area contributed by atoms with Crippen molar-refractivity contribution in [3.63, 3.8) is 0 Å². The summed E-state index contributed by atoms with van der Waals surface area (Å²) in [4.78, 5) is 3.63. The van der Waals surface area contributed by atoms with Crippen LogP contribution in [0.25, 0.3) is 9.75 Å². The van der Waals surface area contributed by atoms with E-state index in [1.165, 1.54) is 9.75 Å². The van der Waals surface area contributed by atoms with Gasteiger partial charge in [0.25, 0.3) is 0 Å². The summed E-state index contributed by atoms with van der Waals surface area (Å²) in [6, 6.07) is 8.40. The van der Waals surface area contributed by atoms with Crippen molar-refractivity contribution in [1.82, 2.24) is 0 Å². The van der Waals surface area contributed by atoms with Crippen molar-refractivity contribution in [2.24, 2.45) is 0 Å². The second-order valence-electron chi connectivity index (χ2n) is 3.60. The monoisotopic (exact) mass is 330 g/mol. The van der Waals surface area contributed by atoms with Crippen LogP contribution in [0.4, 0.5) is 0 Å². The van der Waals surface area contributed by atoms with Gasteiger partial charge in [0.05, 0.1) is 14.2 Å². The van der Waals surface area contributed by atoms with Crippen LogP contribution in [-0.2, 0) is 0 Å². The number of thiophene rings is 2. The van der Waals surface area contributed by atoms with Crippen molar-refractivity contribution in [3.05, 3.63) is 62.5 Å². The normalized spacial score (nSPS) is 12.4. The van der Waals surface area contributed by atoms with Crippen molar-refractivity contribution >= 4 is 38.6 Å². The summed E-state index contributed by atoms with van der Waals surface area (Å²) in [6.45, 7) is 0. The fourth-order valence-corrected chi connectivity index (χ4v) is 3.86. The van der Waals surface area contributed by atoms with E-state index in [9.17, 15) is 0 Å². The molecule has 1 aliphatic carbocycles. The summed E-state index contributed by atoms with van der Waals surface area (Å²) in [6.07, 6.45) is 5.80. The molecule has 1 aliphatic rings. The van der Waals surface area contributed by atoms with Crippen molar-refractivity contribution in [1.29, 1.82) is 0 Å². The molecule has 0 spiro atoms. The molecule has 0 saturated carbocycles. The van der Waals surface area contributed by atoms with Crippen LogP contribution in [-0.4, -0.2) is 0 Å². The zero-order valence-corrected chi connectivity index (χ0v) is 12.5. The van der Waals surface area contributed by atoms with Crippen molar-refractivity contribution in [2.45, 2.75) is 0 Å². The van der Waals surface area contributed by atoms with Gasteiger partial charge in [-0.1, -0.05) is 17.9 Å². The van der Waals surface area contributed by atoms with Gasteiger partial charge in [0.1, 0.15) is 0 Å². The van der Waals surface area contributed by atoms with E-state index in [1.807, 2.05) is 18.2 Å². The number of halogens is 1. The van der Waals surface area contributed by atoms with Crippen molar-refractivity contribution in [3.8, 4) is 21.6 Å². The predicted molar refractivity (Wildman–Crippen MR) is 82.9 cm³/mol. The molecular weight excluding hydrogens is 324 g/mol. The van der Waals surface area contributed by atoms with E-state index in [2.05, 4.69) is 57.8 Å². The van der Waals surface area contributed by atoms with E-state index < -0.39 is 0 Å². The van der Waals surface area contributed by atoms with Gasteiger partial charge in [-0.2, -0.15) is 0 Å². The molecular formula is C15H7BrS2. The van der Waals surface area contributed by atoms with Gasteiger partial charge in [-0.15, -0.1) is 28.4 Å². The van der Waals surface area contributed by atoms with E-state index in [1.54, 1.807) is 22.7 Å². The fourth-order valence-electron chi connectivity index (χ4n) is 1.52. The highest BCUT2D eigenvalue weighted by Crippen LogP contribution is 2.35. The Morgan fingerprint density at radius 2 is 1.83 bits per heavy atom. The first-order chi connectivity index (χ1) is 8.81. The molecule has 3 heteroatoms. The molecule has 0 atom stereocenters. The summed E-state index contributed by atoms with van der Waals surface area (Å²) in [5, 5.41) is 0. The van der Waals surface area contributed by atoms with Crippen LogP contribution in [0.3, 0.4) is 0 Å². The second kappa shape index (κ2) is 5.14. The number of hydrogen-bond donors (Lipinski definition) is 0. The van der Waals surface area contributed by atoms with Gasteiger partial charge >= 0.3 is 0 Å². The SMILES string of the molecule is Brc1ccc(-c2ccc(C#CC3=C=CC=C3)s2)s1. The largest absolute Gasteiger partial charge is 0.127 e. The van der Waals surface area contributed by atoms with Crippen LogP contribution < -0.4 is 0 Å². The Balaban J connectivity index is 1.86. The van der Waals surface area contributed by atoms with Crippen molar-refractivity contribution in [2.75, 3.05) is 0 Å². The molecule has 0 aliphatic heterocycles. The molecule has 2 heterocycles. The van der Waals surface area contributed by atoms with Crippen LogP contribution in [0.5, 0.6) is 0 Å². The highest BCUT2D eigenvalue weighted by molar-refractivity contribution is 9.11. The molecule has 3 rings (SSSR count). The maximum atomic E-state index is 3.48. The zero-order chi connectivity index (χ0) is 12.4. The van der Waals surface area contributed by atoms with Crippen LogP contribution >= 0.6 is 38.6 Å². The van der Waals surface area contributed by atoms with Gasteiger partial charge in [-0.3, -0.25) is 0 Å². The second-order valence-corrected chi connectivity index (χ2v) is 7.15. The van der Waals surface area contributed by atoms with E-state index in [4.69, 9.17) is 0 Å². The Hall–Kier alpha value is -1.30. The summed E-state index contributed by atoms with van der Waals surface area (Å²) >= 11 is 6.95. The van der Waals surface area contributed by atoms with Gasteiger partial charge < -0.3 is 0 Å². The van der Waals surface area contributed by atoms with Crippen LogP contribution in [0.15, 0.2) is 57.6 Å². The van der Waals surface area contributed by atoms with E-state index in [0.717, 1.165) is 14.2 Å². The molecule has 0 bridgehead atoms. The van der Waals surface area contributed by atoms with Gasteiger partial charge in [-0.25, -0.2) is 0 Å². The average Bonchev–Trinajstić information content (AvgIpc) is 3.07. The third-order valence-electron chi connectivity index (χ3n) is 2.34. The van der Waals surface area contributed by atoms with E-state index >= 15 is 0 Å². The maximum absolute atomic E-state index is 3.48. The minimum Gasteiger partial charge on any atom is -0.127 e. The first-order valence-electron chi connectivity index (χ1n) is 5.32. The third-order valence-corrected chi connectivity index (χ3v) is 5.16. The quantitative estimate of drug-likeness (QED) is 0.495. The maximum Gasteiger partial charge on any atom is 0.0779 e. The Morgan fingerprint density at radius 1 is 1.00 bits per heavy atom. The average molecular weight is 331 g/mol. The van der Waals surface area contributed by atoms with Gasteiger partial charge in [-0.05, 0) is 52.3 Å². The Bertz CT molecular complexity index is 741. The first-order valence-corrected chi connectivity index (χ1v) is 7.75. The molecule has 0 fully saturated rings. The highest BCUT2D eigenvalue weighted by Gasteiger charge is 2.04. The molecule has 18 heavy (non-hydrogen) atoms. The fraction of sp³-hybridized carbons (Fsp3) is 0. The Labute approximate surface area is 122 Å². The molecule has 0 aromatic carbocycles. The summed E-state index contributed by atoms with van der Waals surface area (Å²) in [7, 11) is 0. The van der Waals surface area contributed by atoms with Crippen molar-refractivity contribution < 1.29 is 0 Å². The lowest BCUT2D eigenvalue weighted by Gasteiger charge is -1.86. The molecule has 2 aromatic rings. The first kappa shape index (κ1) is 11.8. The lowest BCUT2D eigenvalue weighted by Crippen LogP contribution is -1.65. The van der Waals surface area contributed by atoms with Gasteiger partial charge in [0.15, 0.2) is 0 Å². The summed E-state index contributed by atoms with van der Waals surface area (Å²) in [5.41, 5.74) is 4.02. The summed E-state index contributed by atoms with van der Waals surface area (Å²) in [5.74, 6) is 6.28. The molecule has 0 saturated heterocycles. The molecule has 0 amide bonds. The Kier molecular flexibility index (Phi) is 3.36. The summed E-state index contributed by atoms with van der Waals surface area (Å²) < 4.78 is 1.16. The molecule has 0 unspecified atom stereocenters. The molecule has 86 valence electrons. The Morgan fingerprint density at radius 3 is 2.56 bits per heavy atom. The number of rotatable bonds is 1. The molecule has 0 radical (unpaired) electrons. The molecule has 2 aromatic heterocycles. The number of allylic oxidation sites excluding steroid dienone is 3. The minimum absolute atomic E-state index is 0.948. The van der Waals surface area contributed by atoms with Crippen LogP contribution in [0.1, 0.15) is 4.88 Å². The highest BCUT2D eigenvalue weighted by atomic mass is 79.9. The van der Waals surface area contributed by atoms with Crippen LogP contribution in [0, 0.1) is 11.8 Å². The zero-order valence-electron chi connectivity index (χ0n) is 9.24. The van der Waals surface area contributed by atoms with Gasteiger partial charge in [0.2, 0.25) is 0 Å². The minimum atomic E-state index is 0.948. The lowest BCUT2D eigenvalue weighted by atomic mass is 10.3. The van der Waals surface area contributed by atoms with E-state index in [-0.39, 0.29) is 0 Å². The molecule has 0 N–H and O–H groups in total. The number of hydrogen-bond acceptors (Lipinski definition) is 2. The topological polar surface area (TPSA) is 0 Å². The van der Waals surface area contributed by atoms with Gasteiger partial charge in [0, 0.05) is 9.75 Å². The standard InChI is InChI=1S/C15H7BrS2/c16-15-10-9-14(18-15)13-8-7-12(17-13)6-5-11-3-1-2-4-11/h1-3,7-10H. The smallest absolute Gasteiger partial charge is 0.0779 e. The predicted octanol–water partition coefficient (Wildman–Crippen LogP) is 5.24. The third kappa shape index (κ3) is 2.58. The lowest BCUT2D eigenvalue weighted by molar-refractivity contribution is 1.85.